The van der Waals surface area contributed by atoms with E-state index in [1.807, 2.05) is 24.3 Å². The summed E-state index contributed by atoms with van der Waals surface area (Å²) in [6.45, 7) is 2.72. The highest BCUT2D eigenvalue weighted by Crippen LogP contribution is 2.26. The summed E-state index contributed by atoms with van der Waals surface area (Å²) >= 11 is 0. The van der Waals surface area contributed by atoms with E-state index in [9.17, 15) is 8.78 Å². The molecule has 0 aliphatic heterocycles. The first-order valence-electron chi connectivity index (χ1n) is 6.36. The predicted molar refractivity (Wildman–Crippen MR) is 73.9 cm³/mol. The fourth-order valence-corrected chi connectivity index (χ4v) is 2.16. The van der Waals surface area contributed by atoms with Gasteiger partial charge in [0.25, 0.3) is 0 Å². The first-order valence-corrected chi connectivity index (χ1v) is 6.36. The molecule has 100 valence electrons. The lowest BCUT2D eigenvalue weighted by molar-refractivity contribution is 0.584. The van der Waals surface area contributed by atoms with E-state index in [1.54, 1.807) is 0 Å². The minimum absolute atomic E-state index is 0.336. The summed E-state index contributed by atoms with van der Waals surface area (Å²) in [5.74, 6) is -0.783. The molecule has 0 amide bonds. The van der Waals surface area contributed by atoms with Crippen LogP contribution in [0.1, 0.15) is 24.8 Å². The van der Waals surface area contributed by atoms with Crippen LogP contribution in [0.2, 0.25) is 0 Å². The largest absolute Gasteiger partial charge is 0.330 e. The van der Waals surface area contributed by atoms with Crippen LogP contribution in [0.25, 0.3) is 11.1 Å². The molecule has 2 N–H and O–H groups in total. The van der Waals surface area contributed by atoms with E-state index in [0.29, 0.717) is 18.0 Å². The van der Waals surface area contributed by atoms with Gasteiger partial charge in [0.05, 0.1) is 0 Å². The van der Waals surface area contributed by atoms with Crippen molar-refractivity contribution in [2.24, 2.45) is 5.73 Å². The molecule has 0 bridgehead atoms. The number of hydrogen-bond acceptors (Lipinski definition) is 1. The number of benzene rings is 2. The van der Waals surface area contributed by atoms with Gasteiger partial charge in [-0.15, -0.1) is 0 Å². The monoisotopic (exact) mass is 261 g/mol. The molecule has 0 radical (unpaired) electrons. The highest BCUT2D eigenvalue weighted by atomic mass is 19.1. The van der Waals surface area contributed by atoms with Gasteiger partial charge in [-0.2, -0.15) is 0 Å². The summed E-state index contributed by atoms with van der Waals surface area (Å²) in [7, 11) is 0. The molecular weight excluding hydrogens is 244 g/mol. The molecule has 0 aromatic heterocycles. The Bertz CT molecular complexity index is 546. The molecule has 0 spiro atoms. The first kappa shape index (κ1) is 13.7. The molecule has 0 heterocycles. The van der Waals surface area contributed by atoms with Crippen molar-refractivity contribution >= 4 is 0 Å². The normalized spacial score (nSPS) is 12.4. The molecule has 0 fully saturated rings. The number of nitrogens with two attached hydrogens (primary N) is 1. The third-order valence-electron chi connectivity index (χ3n) is 3.25. The van der Waals surface area contributed by atoms with E-state index in [2.05, 4.69) is 6.92 Å². The molecule has 19 heavy (non-hydrogen) atoms. The van der Waals surface area contributed by atoms with Gasteiger partial charge in [0, 0.05) is 6.07 Å². The van der Waals surface area contributed by atoms with Crippen LogP contribution in [0.4, 0.5) is 8.78 Å². The maximum Gasteiger partial charge on any atom is 0.126 e. The average Bonchev–Trinajstić information content (AvgIpc) is 2.38. The van der Waals surface area contributed by atoms with Gasteiger partial charge in [-0.3, -0.25) is 0 Å². The second kappa shape index (κ2) is 5.93. The van der Waals surface area contributed by atoms with E-state index in [4.69, 9.17) is 5.73 Å². The van der Waals surface area contributed by atoms with E-state index in [1.165, 1.54) is 12.1 Å². The molecule has 2 rings (SSSR count). The first-order chi connectivity index (χ1) is 9.10. The fraction of sp³-hybridized carbons (Fsp3) is 0.250. The highest BCUT2D eigenvalue weighted by Gasteiger charge is 2.07. The quantitative estimate of drug-likeness (QED) is 0.881. The maximum absolute atomic E-state index is 13.2. The minimum atomic E-state index is -0.560. The summed E-state index contributed by atoms with van der Waals surface area (Å²) in [6, 6.07) is 11.3. The van der Waals surface area contributed by atoms with Crippen molar-refractivity contribution in [3.8, 4) is 11.1 Å². The van der Waals surface area contributed by atoms with Crippen molar-refractivity contribution in [2.45, 2.75) is 19.3 Å². The molecule has 2 aromatic carbocycles. The Morgan fingerprint density at radius 1 is 1.00 bits per heavy atom. The van der Waals surface area contributed by atoms with Gasteiger partial charge >= 0.3 is 0 Å². The summed E-state index contributed by atoms with van der Waals surface area (Å²) in [6.07, 6.45) is 0.890. The third-order valence-corrected chi connectivity index (χ3v) is 3.25. The van der Waals surface area contributed by atoms with Crippen LogP contribution in [-0.2, 0) is 0 Å². The maximum atomic E-state index is 13.2. The Hall–Kier alpha value is -1.74. The van der Waals surface area contributed by atoms with Crippen molar-refractivity contribution in [3.63, 3.8) is 0 Å². The molecule has 3 heteroatoms. The van der Waals surface area contributed by atoms with Gasteiger partial charge in [-0.25, -0.2) is 8.78 Å². The van der Waals surface area contributed by atoms with E-state index < -0.39 is 11.6 Å². The second-order valence-electron chi connectivity index (χ2n) is 4.76. The molecule has 0 saturated carbocycles. The SMILES string of the molecule is CC(CCN)c1cccc(-c2cc(F)cc(F)c2)c1. The lowest BCUT2D eigenvalue weighted by Gasteiger charge is -2.12. The highest BCUT2D eigenvalue weighted by molar-refractivity contribution is 5.64. The zero-order valence-corrected chi connectivity index (χ0v) is 10.9. The summed E-state index contributed by atoms with van der Waals surface area (Å²) in [5.41, 5.74) is 8.06. The van der Waals surface area contributed by atoms with Gasteiger partial charge in [-0.1, -0.05) is 31.2 Å². The molecule has 0 saturated heterocycles. The van der Waals surface area contributed by atoms with Crippen molar-refractivity contribution < 1.29 is 8.78 Å². The van der Waals surface area contributed by atoms with Crippen LogP contribution < -0.4 is 5.73 Å². The molecular formula is C16H17F2N. The minimum Gasteiger partial charge on any atom is -0.330 e. The summed E-state index contributed by atoms with van der Waals surface area (Å²) in [5, 5.41) is 0. The Morgan fingerprint density at radius 2 is 1.68 bits per heavy atom. The van der Waals surface area contributed by atoms with Crippen LogP contribution in [0.5, 0.6) is 0 Å². The van der Waals surface area contributed by atoms with Crippen LogP contribution in [-0.4, -0.2) is 6.54 Å². The van der Waals surface area contributed by atoms with Crippen LogP contribution in [0, 0.1) is 11.6 Å². The van der Waals surface area contributed by atoms with Gasteiger partial charge in [0.15, 0.2) is 0 Å². The molecule has 0 aliphatic carbocycles. The zero-order valence-electron chi connectivity index (χ0n) is 10.9. The lowest BCUT2D eigenvalue weighted by atomic mass is 9.94. The van der Waals surface area contributed by atoms with Gasteiger partial charge in [-0.05, 0) is 47.7 Å². The van der Waals surface area contributed by atoms with Crippen LogP contribution in [0.15, 0.2) is 42.5 Å². The van der Waals surface area contributed by atoms with Gasteiger partial charge in [0.2, 0.25) is 0 Å². The van der Waals surface area contributed by atoms with Crippen molar-refractivity contribution in [1.29, 1.82) is 0 Å². The van der Waals surface area contributed by atoms with E-state index >= 15 is 0 Å². The average molecular weight is 261 g/mol. The topological polar surface area (TPSA) is 26.0 Å². The summed E-state index contributed by atoms with van der Waals surface area (Å²) in [4.78, 5) is 0. The molecule has 2 aromatic rings. The van der Waals surface area contributed by atoms with Gasteiger partial charge < -0.3 is 5.73 Å². The standard InChI is InChI=1S/C16H17F2N/c1-11(5-6-19)12-3-2-4-13(7-12)14-8-15(17)10-16(18)9-14/h2-4,7-11H,5-6,19H2,1H3. The Labute approximate surface area is 112 Å². The zero-order chi connectivity index (χ0) is 13.8. The number of hydrogen-bond donors (Lipinski definition) is 1. The smallest absolute Gasteiger partial charge is 0.126 e. The number of rotatable bonds is 4. The van der Waals surface area contributed by atoms with E-state index in [0.717, 1.165) is 23.6 Å². The molecule has 1 nitrogen and oxygen atoms in total. The molecule has 1 unspecified atom stereocenters. The van der Waals surface area contributed by atoms with Crippen LogP contribution in [0.3, 0.4) is 0 Å². The molecule has 0 aliphatic rings. The number of halogens is 2. The van der Waals surface area contributed by atoms with Gasteiger partial charge in [0.1, 0.15) is 11.6 Å². The van der Waals surface area contributed by atoms with E-state index in [-0.39, 0.29) is 0 Å². The van der Waals surface area contributed by atoms with Crippen molar-refractivity contribution in [1.82, 2.24) is 0 Å². The molecule has 1 atom stereocenters. The Kier molecular flexibility index (Phi) is 4.27. The third kappa shape index (κ3) is 3.38. The van der Waals surface area contributed by atoms with Crippen LogP contribution >= 0.6 is 0 Å². The Balaban J connectivity index is 2.37. The lowest BCUT2D eigenvalue weighted by Crippen LogP contribution is -2.04. The van der Waals surface area contributed by atoms with Crippen molar-refractivity contribution in [3.05, 3.63) is 59.7 Å². The second-order valence-corrected chi connectivity index (χ2v) is 4.76. The fourth-order valence-electron chi connectivity index (χ4n) is 2.16. The van der Waals surface area contributed by atoms with Crippen molar-refractivity contribution in [2.75, 3.05) is 6.54 Å². The predicted octanol–water partition coefficient (Wildman–Crippen LogP) is 4.08. The Morgan fingerprint density at radius 3 is 2.32 bits per heavy atom. The summed E-state index contributed by atoms with van der Waals surface area (Å²) < 4.78 is 26.5.